The summed E-state index contributed by atoms with van der Waals surface area (Å²) in [5.41, 5.74) is -3.23. The second-order valence-corrected chi connectivity index (χ2v) is 9.49. The third-order valence-corrected chi connectivity index (χ3v) is 7.32. The Morgan fingerprint density at radius 2 is 1.66 bits per heavy atom. The second-order valence-electron chi connectivity index (χ2n) is 9.49. The molecule has 3 aromatic rings. The van der Waals surface area contributed by atoms with Gasteiger partial charge in [0, 0.05) is 29.5 Å². The number of rotatable bonds is 3. The van der Waals surface area contributed by atoms with Crippen molar-refractivity contribution in [3.05, 3.63) is 40.6 Å². The molecule has 1 aromatic heterocycles. The molecule has 6 rings (SSSR count). The Balaban J connectivity index is 1.52. The van der Waals surface area contributed by atoms with Gasteiger partial charge in [0.2, 0.25) is 17.5 Å². The fourth-order valence-electron chi connectivity index (χ4n) is 5.08. The molecule has 2 spiro atoms. The van der Waals surface area contributed by atoms with Gasteiger partial charge >= 0.3 is 0 Å². The van der Waals surface area contributed by atoms with Crippen molar-refractivity contribution in [3.63, 3.8) is 0 Å². The van der Waals surface area contributed by atoms with Gasteiger partial charge in [0.1, 0.15) is 34.2 Å². The SMILES string of the molecule is O=c1c(O[C@H]2OC3(C[C@@H]3O)[C@@H](O)C3(CC3)[C@@H]2O)c(-c2ccc(O)c(O)c2)oc2cc(O)cc(O)c12. The highest BCUT2D eigenvalue weighted by Gasteiger charge is 2.75. The maximum Gasteiger partial charge on any atom is 0.239 e. The van der Waals surface area contributed by atoms with Crippen LogP contribution in [0.25, 0.3) is 22.3 Å². The highest BCUT2D eigenvalue weighted by Crippen LogP contribution is 2.64. The molecule has 3 fully saturated rings. The van der Waals surface area contributed by atoms with E-state index in [-0.39, 0.29) is 34.5 Å². The van der Waals surface area contributed by atoms with Crippen LogP contribution in [-0.4, -0.2) is 65.9 Å². The van der Waals surface area contributed by atoms with E-state index in [0.717, 1.165) is 24.3 Å². The largest absolute Gasteiger partial charge is 0.508 e. The molecule has 184 valence electrons. The fraction of sp³-hybridized carbons (Fsp3) is 0.375. The lowest BCUT2D eigenvalue weighted by Crippen LogP contribution is -2.60. The van der Waals surface area contributed by atoms with Crippen molar-refractivity contribution in [1.29, 1.82) is 0 Å². The first-order chi connectivity index (χ1) is 16.6. The van der Waals surface area contributed by atoms with Gasteiger partial charge in [-0.1, -0.05) is 0 Å². The lowest BCUT2D eigenvalue weighted by atomic mass is 9.84. The summed E-state index contributed by atoms with van der Waals surface area (Å²) in [5.74, 6) is -2.59. The van der Waals surface area contributed by atoms with Crippen LogP contribution >= 0.6 is 0 Å². The average molecular weight is 486 g/mol. The number of fused-ring (bicyclic) bond motifs is 1. The molecule has 1 unspecified atom stereocenters. The van der Waals surface area contributed by atoms with Gasteiger partial charge in [-0.2, -0.15) is 0 Å². The molecule has 3 aliphatic rings. The van der Waals surface area contributed by atoms with Gasteiger partial charge in [0.25, 0.3) is 0 Å². The molecule has 11 nitrogen and oxygen atoms in total. The molecule has 0 bridgehead atoms. The number of aliphatic hydroxyl groups is 3. The van der Waals surface area contributed by atoms with Gasteiger partial charge < -0.3 is 49.6 Å². The van der Waals surface area contributed by atoms with E-state index in [9.17, 15) is 40.5 Å². The molecule has 2 aliphatic carbocycles. The molecule has 5 atom stereocenters. The lowest BCUT2D eigenvalue weighted by Gasteiger charge is -2.43. The van der Waals surface area contributed by atoms with E-state index in [2.05, 4.69) is 0 Å². The Bertz CT molecular complexity index is 1420. The Hall–Kier alpha value is -3.51. The summed E-state index contributed by atoms with van der Waals surface area (Å²) >= 11 is 0. The van der Waals surface area contributed by atoms with Crippen molar-refractivity contribution in [2.45, 2.75) is 49.5 Å². The minimum Gasteiger partial charge on any atom is -0.508 e. The Morgan fingerprint density at radius 1 is 0.943 bits per heavy atom. The number of benzene rings is 2. The number of hydrogen-bond acceptors (Lipinski definition) is 11. The van der Waals surface area contributed by atoms with Gasteiger partial charge in [-0.3, -0.25) is 4.79 Å². The predicted molar refractivity (Wildman–Crippen MR) is 117 cm³/mol. The second kappa shape index (κ2) is 7.01. The molecule has 1 aliphatic heterocycles. The van der Waals surface area contributed by atoms with Crippen LogP contribution in [0.5, 0.6) is 28.7 Å². The zero-order valence-corrected chi connectivity index (χ0v) is 18.1. The maximum atomic E-state index is 13.5. The van der Waals surface area contributed by atoms with E-state index >= 15 is 0 Å². The summed E-state index contributed by atoms with van der Waals surface area (Å²) in [4.78, 5) is 13.5. The minimum absolute atomic E-state index is 0.102. The molecule has 2 saturated carbocycles. The van der Waals surface area contributed by atoms with Crippen molar-refractivity contribution in [1.82, 2.24) is 0 Å². The molecule has 7 N–H and O–H groups in total. The molecule has 11 heteroatoms. The Morgan fingerprint density at radius 3 is 2.29 bits per heavy atom. The van der Waals surface area contributed by atoms with Gasteiger partial charge in [-0.05, 0) is 31.0 Å². The standard InChI is InChI=1S/C24H22O11/c25-10-6-13(28)16-14(7-10)33-18(9-1-2-11(26)12(27)5-9)19(17(16)30)34-21-20(31)23(3-4-23)22(32)24(35-21)8-15(24)29/h1-2,5-7,15,20-22,25-29,31-32H,3-4,8H2/t15-,20+,21-,22-,24?/m0/s1. The lowest BCUT2D eigenvalue weighted by molar-refractivity contribution is -0.283. The highest BCUT2D eigenvalue weighted by atomic mass is 16.7. The zero-order valence-electron chi connectivity index (χ0n) is 18.1. The Labute approximate surface area is 196 Å². The minimum atomic E-state index is -1.47. The van der Waals surface area contributed by atoms with E-state index in [1.807, 2.05) is 0 Å². The smallest absolute Gasteiger partial charge is 0.239 e. The van der Waals surface area contributed by atoms with Crippen LogP contribution in [-0.2, 0) is 4.74 Å². The summed E-state index contributed by atoms with van der Waals surface area (Å²) in [5, 5.41) is 71.5. The van der Waals surface area contributed by atoms with Crippen molar-refractivity contribution < 1.29 is 49.6 Å². The van der Waals surface area contributed by atoms with Crippen LogP contribution in [0.4, 0.5) is 0 Å². The number of aromatic hydroxyl groups is 4. The monoisotopic (exact) mass is 486 g/mol. The summed E-state index contributed by atoms with van der Waals surface area (Å²) in [6.45, 7) is 0. The van der Waals surface area contributed by atoms with Crippen LogP contribution in [0, 0.1) is 5.41 Å². The van der Waals surface area contributed by atoms with E-state index in [1.165, 1.54) is 6.07 Å². The molecular formula is C24H22O11. The zero-order chi connectivity index (χ0) is 24.9. The van der Waals surface area contributed by atoms with Crippen molar-refractivity contribution in [3.8, 4) is 40.1 Å². The van der Waals surface area contributed by atoms with Crippen LogP contribution in [0.15, 0.2) is 39.5 Å². The summed E-state index contributed by atoms with van der Waals surface area (Å²) in [7, 11) is 0. The first-order valence-corrected chi connectivity index (χ1v) is 11.0. The van der Waals surface area contributed by atoms with E-state index in [0.29, 0.717) is 12.8 Å². The molecule has 0 amide bonds. The van der Waals surface area contributed by atoms with Crippen LogP contribution in [0.2, 0.25) is 0 Å². The number of aliphatic hydroxyl groups excluding tert-OH is 3. The number of ether oxygens (including phenoxy) is 2. The van der Waals surface area contributed by atoms with Gasteiger partial charge in [-0.15, -0.1) is 0 Å². The number of hydrogen-bond donors (Lipinski definition) is 7. The van der Waals surface area contributed by atoms with E-state index < -0.39 is 64.0 Å². The average Bonchev–Trinajstić information content (AvgIpc) is 3.71. The van der Waals surface area contributed by atoms with Crippen molar-refractivity contribution >= 4 is 11.0 Å². The first kappa shape index (κ1) is 22.0. The van der Waals surface area contributed by atoms with Crippen molar-refractivity contribution in [2.75, 3.05) is 0 Å². The quantitative estimate of drug-likeness (QED) is 0.262. The van der Waals surface area contributed by atoms with Crippen LogP contribution < -0.4 is 10.2 Å². The van der Waals surface area contributed by atoms with Gasteiger partial charge in [0.05, 0.1) is 12.2 Å². The fourth-order valence-corrected chi connectivity index (χ4v) is 5.08. The number of phenolic OH excluding ortho intramolecular Hbond substituents is 4. The third-order valence-electron chi connectivity index (χ3n) is 7.32. The topological polar surface area (TPSA) is 190 Å². The summed E-state index contributed by atoms with van der Waals surface area (Å²) < 4.78 is 17.5. The van der Waals surface area contributed by atoms with E-state index in [4.69, 9.17) is 13.9 Å². The molecule has 2 heterocycles. The van der Waals surface area contributed by atoms with E-state index in [1.54, 1.807) is 0 Å². The maximum absolute atomic E-state index is 13.5. The molecular weight excluding hydrogens is 464 g/mol. The third kappa shape index (κ3) is 3.02. The molecule has 0 radical (unpaired) electrons. The molecule has 2 aromatic carbocycles. The number of phenols is 4. The Kier molecular flexibility index (Phi) is 4.41. The highest BCUT2D eigenvalue weighted by molar-refractivity contribution is 5.88. The van der Waals surface area contributed by atoms with Gasteiger partial charge in [0.15, 0.2) is 17.3 Å². The van der Waals surface area contributed by atoms with Gasteiger partial charge in [-0.25, -0.2) is 0 Å². The molecule has 1 saturated heterocycles. The first-order valence-electron chi connectivity index (χ1n) is 11.0. The van der Waals surface area contributed by atoms with Crippen molar-refractivity contribution in [2.24, 2.45) is 5.41 Å². The molecule has 35 heavy (non-hydrogen) atoms. The van der Waals surface area contributed by atoms with Crippen LogP contribution in [0.1, 0.15) is 19.3 Å². The normalized spacial score (nSPS) is 30.6. The summed E-state index contributed by atoms with van der Waals surface area (Å²) in [6, 6.07) is 5.68. The summed E-state index contributed by atoms with van der Waals surface area (Å²) in [6.07, 6.45) is -3.83. The van der Waals surface area contributed by atoms with Crippen LogP contribution in [0.3, 0.4) is 0 Å². The predicted octanol–water partition coefficient (Wildman–Crippen LogP) is 1.02.